The topological polar surface area (TPSA) is 66.4 Å². The number of aromatic nitrogens is 3. The highest BCUT2D eigenvalue weighted by Crippen LogP contribution is 2.24. The van der Waals surface area contributed by atoms with Crippen molar-refractivity contribution in [2.45, 2.75) is 32.2 Å². The first-order chi connectivity index (χ1) is 10.3. The molecule has 7 nitrogen and oxygen atoms in total. The predicted molar refractivity (Wildman–Crippen MR) is 82.0 cm³/mol. The highest BCUT2D eigenvalue weighted by molar-refractivity contribution is 5.38. The molecule has 0 amide bonds. The molecule has 0 spiro atoms. The molecular weight excluding hydrogens is 268 g/mol. The lowest BCUT2D eigenvalue weighted by atomic mass is 10.2. The SMILES string of the molecule is CCOc1nc(NC)nc(N2CCCN3CCCC3C2)n1. The molecule has 1 aromatic heterocycles. The van der Waals surface area contributed by atoms with Crippen LogP contribution in [0.3, 0.4) is 0 Å². The van der Waals surface area contributed by atoms with Crippen LogP contribution in [0, 0.1) is 0 Å². The largest absolute Gasteiger partial charge is 0.464 e. The van der Waals surface area contributed by atoms with E-state index >= 15 is 0 Å². The van der Waals surface area contributed by atoms with E-state index in [-0.39, 0.29) is 0 Å². The van der Waals surface area contributed by atoms with Gasteiger partial charge in [-0.15, -0.1) is 0 Å². The number of hydrogen-bond acceptors (Lipinski definition) is 7. The molecule has 0 aromatic carbocycles. The third-order valence-corrected chi connectivity index (χ3v) is 4.19. The fourth-order valence-corrected chi connectivity index (χ4v) is 3.18. The molecule has 3 heterocycles. The van der Waals surface area contributed by atoms with Gasteiger partial charge < -0.3 is 15.0 Å². The van der Waals surface area contributed by atoms with Crippen LogP contribution >= 0.6 is 0 Å². The minimum atomic E-state index is 0.402. The summed E-state index contributed by atoms with van der Waals surface area (Å²) in [6.07, 6.45) is 3.74. The van der Waals surface area contributed by atoms with Gasteiger partial charge in [0.25, 0.3) is 0 Å². The van der Waals surface area contributed by atoms with Gasteiger partial charge >= 0.3 is 6.01 Å². The lowest BCUT2D eigenvalue weighted by Gasteiger charge is -2.25. The molecule has 0 bridgehead atoms. The van der Waals surface area contributed by atoms with Crippen LogP contribution in [0.5, 0.6) is 6.01 Å². The summed E-state index contributed by atoms with van der Waals surface area (Å²) in [6.45, 7) is 6.91. The normalized spacial score (nSPS) is 22.8. The minimum Gasteiger partial charge on any atom is -0.464 e. The van der Waals surface area contributed by atoms with Crippen molar-refractivity contribution < 1.29 is 4.74 Å². The highest BCUT2D eigenvalue weighted by Gasteiger charge is 2.30. The smallest absolute Gasteiger partial charge is 0.323 e. The number of fused-ring (bicyclic) bond motifs is 1. The Labute approximate surface area is 125 Å². The van der Waals surface area contributed by atoms with E-state index in [9.17, 15) is 0 Å². The molecule has 21 heavy (non-hydrogen) atoms. The van der Waals surface area contributed by atoms with Gasteiger partial charge in [-0.05, 0) is 32.7 Å². The van der Waals surface area contributed by atoms with E-state index < -0.39 is 0 Å². The lowest BCUT2D eigenvalue weighted by molar-refractivity contribution is 0.272. The maximum absolute atomic E-state index is 5.46. The van der Waals surface area contributed by atoms with E-state index in [1.54, 1.807) is 0 Å². The van der Waals surface area contributed by atoms with Crippen molar-refractivity contribution in [3.63, 3.8) is 0 Å². The number of ether oxygens (including phenoxy) is 1. The van der Waals surface area contributed by atoms with Crippen LogP contribution in [0.4, 0.5) is 11.9 Å². The summed E-state index contributed by atoms with van der Waals surface area (Å²) in [6, 6.07) is 1.04. The van der Waals surface area contributed by atoms with Gasteiger partial charge in [-0.3, -0.25) is 4.90 Å². The van der Waals surface area contributed by atoms with Gasteiger partial charge in [0.15, 0.2) is 0 Å². The summed E-state index contributed by atoms with van der Waals surface area (Å²) in [5, 5.41) is 2.99. The maximum atomic E-state index is 5.46. The van der Waals surface area contributed by atoms with Crippen LogP contribution in [0.1, 0.15) is 26.2 Å². The van der Waals surface area contributed by atoms with Crippen LogP contribution in [-0.2, 0) is 0 Å². The van der Waals surface area contributed by atoms with Gasteiger partial charge in [-0.25, -0.2) is 0 Å². The van der Waals surface area contributed by atoms with Crippen LogP contribution < -0.4 is 15.0 Å². The average Bonchev–Trinajstić information content (AvgIpc) is 2.84. The Kier molecular flexibility index (Phi) is 4.38. The van der Waals surface area contributed by atoms with E-state index in [0.717, 1.165) is 25.5 Å². The second kappa shape index (κ2) is 6.43. The molecule has 1 unspecified atom stereocenters. The summed E-state index contributed by atoms with van der Waals surface area (Å²) in [7, 11) is 1.82. The summed E-state index contributed by atoms with van der Waals surface area (Å²) >= 11 is 0. The van der Waals surface area contributed by atoms with E-state index in [1.165, 1.54) is 25.9 Å². The standard InChI is InChI=1S/C14H24N6O/c1-3-21-14-17-12(15-2)16-13(18-14)20-9-5-8-19-7-4-6-11(19)10-20/h11H,3-10H2,1-2H3,(H,15,16,17,18). The Hall–Kier alpha value is -1.63. The second-order valence-electron chi connectivity index (χ2n) is 5.56. The molecule has 0 saturated carbocycles. The summed E-state index contributed by atoms with van der Waals surface area (Å²) in [5.74, 6) is 1.29. The Morgan fingerprint density at radius 1 is 1.19 bits per heavy atom. The van der Waals surface area contributed by atoms with Gasteiger partial charge in [0, 0.05) is 32.7 Å². The van der Waals surface area contributed by atoms with Crippen LogP contribution in [0.25, 0.3) is 0 Å². The van der Waals surface area contributed by atoms with Gasteiger partial charge in [-0.2, -0.15) is 15.0 Å². The summed E-state index contributed by atoms with van der Waals surface area (Å²) in [5.41, 5.74) is 0. The van der Waals surface area contributed by atoms with Crippen molar-refractivity contribution >= 4 is 11.9 Å². The number of anilines is 2. The van der Waals surface area contributed by atoms with Crippen molar-refractivity contribution in [2.75, 3.05) is 50.1 Å². The minimum absolute atomic E-state index is 0.402. The molecule has 116 valence electrons. The van der Waals surface area contributed by atoms with Gasteiger partial charge in [0.1, 0.15) is 0 Å². The highest BCUT2D eigenvalue weighted by atomic mass is 16.5. The van der Waals surface area contributed by atoms with E-state index in [0.29, 0.717) is 24.6 Å². The van der Waals surface area contributed by atoms with Gasteiger partial charge in [0.05, 0.1) is 6.61 Å². The predicted octanol–water partition coefficient (Wildman–Crippen LogP) is 0.986. The Morgan fingerprint density at radius 3 is 2.86 bits per heavy atom. The van der Waals surface area contributed by atoms with Crippen molar-refractivity contribution in [3.8, 4) is 6.01 Å². The van der Waals surface area contributed by atoms with Crippen molar-refractivity contribution in [1.82, 2.24) is 19.9 Å². The Balaban J connectivity index is 1.82. The fourth-order valence-electron chi connectivity index (χ4n) is 3.18. The van der Waals surface area contributed by atoms with Crippen molar-refractivity contribution in [3.05, 3.63) is 0 Å². The number of hydrogen-bond donors (Lipinski definition) is 1. The maximum Gasteiger partial charge on any atom is 0.323 e. The number of nitrogens with one attached hydrogen (secondary N) is 1. The second-order valence-corrected chi connectivity index (χ2v) is 5.56. The van der Waals surface area contributed by atoms with E-state index in [2.05, 4.69) is 30.1 Å². The number of rotatable bonds is 4. The van der Waals surface area contributed by atoms with Crippen molar-refractivity contribution in [1.29, 1.82) is 0 Å². The van der Waals surface area contributed by atoms with Crippen molar-refractivity contribution in [2.24, 2.45) is 0 Å². The molecule has 2 aliphatic rings. The molecule has 2 aliphatic heterocycles. The molecule has 1 N–H and O–H groups in total. The molecule has 0 radical (unpaired) electrons. The third kappa shape index (κ3) is 3.18. The van der Waals surface area contributed by atoms with Crippen LogP contribution in [0.2, 0.25) is 0 Å². The lowest BCUT2D eigenvalue weighted by Crippen LogP contribution is -2.37. The first-order valence-corrected chi connectivity index (χ1v) is 7.85. The zero-order chi connectivity index (χ0) is 14.7. The van der Waals surface area contributed by atoms with Crippen LogP contribution in [-0.4, -0.2) is 65.7 Å². The zero-order valence-electron chi connectivity index (χ0n) is 12.9. The van der Waals surface area contributed by atoms with E-state index in [1.807, 2.05) is 14.0 Å². The Morgan fingerprint density at radius 2 is 2.05 bits per heavy atom. The van der Waals surface area contributed by atoms with E-state index in [4.69, 9.17) is 4.74 Å². The molecule has 1 aromatic rings. The fraction of sp³-hybridized carbons (Fsp3) is 0.786. The number of nitrogens with zero attached hydrogens (tertiary/aromatic N) is 5. The average molecular weight is 292 g/mol. The van der Waals surface area contributed by atoms with Gasteiger partial charge in [0.2, 0.25) is 11.9 Å². The molecule has 2 fully saturated rings. The molecular formula is C14H24N6O. The first kappa shape index (κ1) is 14.3. The monoisotopic (exact) mass is 292 g/mol. The quantitative estimate of drug-likeness (QED) is 0.887. The zero-order valence-corrected chi connectivity index (χ0v) is 12.9. The molecule has 0 aliphatic carbocycles. The summed E-state index contributed by atoms with van der Waals surface area (Å²) < 4.78 is 5.46. The molecule has 3 rings (SSSR count). The summed E-state index contributed by atoms with van der Waals surface area (Å²) in [4.78, 5) is 18.1. The van der Waals surface area contributed by atoms with Gasteiger partial charge in [-0.1, -0.05) is 0 Å². The molecule has 2 saturated heterocycles. The third-order valence-electron chi connectivity index (χ3n) is 4.19. The molecule has 1 atom stereocenters. The Bertz CT molecular complexity index is 483. The van der Waals surface area contributed by atoms with Crippen LogP contribution in [0.15, 0.2) is 0 Å². The first-order valence-electron chi connectivity index (χ1n) is 7.85. The molecule has 7 heteroatoms.